The summed E-state index contributed by atoms with van der Waals surface area (Å²) < 4.78 is 9.13. The number of hydrogen-bond acceptors (Lipinski definition) is 11. The fraction of sp³-hybridized carbons (Fsp3) is 0.684. The Morgan fingerprint density at radius 3 is 1.35 bits per heavy atom. The summed E-state index contributed by atoms with van der Waals surface area (Å²) in [7, 11) is 0. The van der Waals surface area contributed by atoms with E-state index in [1.165, 1.54) is 9.80 Å². The molecule has 0 bridgehead atoms. The Bertz CT molecular complexity index is 711. The van der Waals surface area contributed by atoms with Gasteiger partial charge in [-0.1, -0.05) is 0 Å². The van der Waals surface area contributed by atoms with Crippen LogP contribution < -0.4 is 0 Å². The van der Waals surface area contributed by atoms with Crippen molar-refractivity contribution in [3.05, 3.63) is 0 Å². The summed E-state index contributed by atoms with van der Waals surface area (Å²) in [5.41, 5.74) is 0. The lowest BCUT2D eigenvalue weighted by atomic mass is 10.3. The zero-order chi connectivity index (χ0) is 26.3. The lowest BCUT2D eigenvalue weighted by Gasteiger charge is -2.27. The van der Waals surface area contributed by atoms with Crippen molar-refractivity contribution >= 4 is 36.0 Å². The van der Waals surface area contributed by atoms with E-state index in [4.69, 9.17) is 20.4 Å². The highest BCUT2D eigenvalue weighted by molar-refractivity contribution is 5.82. The minimum atomic E-state index is -1.25. The van der Waals surface area contributed by atoms with E-state index in [-0.39, 0.29) is 39.1 Å². The van der Waals surface area contributed by atoms with Crippen LogP contribution in [0, 0.1) is 0 Å². The molecule has 0 amide bonds. The molecular formula is C19H31N3O12. The monoisotopic (exact) mass is 493 g/mol. The first kappa shape index (κ1) is 30.7. The molecule has 0 saturated carbocycles. The summed E-state index contributed by atoms with van der Waals surface area (Å²) in [5.74, 6) is -5.82. The molecule has 0 unspecified atom stereocenters. The number of hydrogen-bond donors (Lipinski definition) is 4. The Hall–Kier alpha value is -3.30. The van der Waals surface area contributed by atoms with Gasteiger partial charge in [0.1, 0.15) is 0 Å². The van der Waals surface area contributed by atoms with Gasteiger partial charge in [0.25, 0.3) is 0 Å². The molecule has 4 N–H and O–H groups in total. The van der Waals surface area contributed by atoms with Gasteiger partial charge in [-0.25, -0.2) is 4.79 Å². The maximum absolute atomic E-state index is 11.8. The number of carboxylic acid groups (broad SMARTS) is 4. The van der Waals surface area contributed by atoms with Crippen molar-refractivity contribution in [2.75, 3.05) is 58.9 Å². The van der Waals surface area contributed by atoms with Gasteiger partial charge in [0.05, 0.1) is 38.7 Å². The number of esters is 1. The Balaban J connectivity index is 4.95. The molecule has 194 valence electrons. The van der Waals surface area contributed by atoms with Crippen molar-refractivity contribution in [1.82, 2.24) is 14.7 Å². The van der Waals surface area contributed by atoms with Crippen molar-refractivity contribution in [1.29, 1.82) is 0 Å². The Morgan fingerprint density at radius 1 is 0.618 bits per heavy atom. The number of carbonyl (C=O) groups excluding carboxylic acids is 2. The van der Waals surface area contributed by atoms with Crippen molar-refractivity contribution in [2.24, 2.45) is 0 Å². The third-order valence-corrected chi connectivity index (χ3v) is 4.06. The average molecular weight is 493 g/mol. The second kappa shape index (κ2) is 16.3. The minimum absolute atomic E-state index is 0.00312. The minimum Gasteiger partial charge on any atom is -0.480 e. The quantitative estimate of drug-likeness (QED) is 0.129. The second-order valence-corrected chi connectivity index (χ2v) is 7.48. The third kappa shape index (κ3) is 17.3. The standard InChI is InChI=1S/C19H31N3O12/c1-13(2)33-19(32)34-18(31)3-4-20(9-14(23)24)5-6-21(10-15(25)26)7-8-22(11-16(27)28)12-17(29)30/h13H,3-12H2,1-2H3,(H,23,24)(H,25,26)(H,27,28)(H,29,30). The molecule has 0 atom stereocenters. The lowest BCUT2D eigenvalue weighted by molar-refractivity contribution is -0.143. The fourth-order valence-electron chi connectivity index (χ4n) is 2.69. The van der Waals surface area contributed by atoms with Gasteiger partial charge in [-0.2, -0.15) is 0 Å². The van der Waals surface area contributed by atoms with Crippen LogP contribution in [0.1, 0.15) is 20.3 Å². The highest BCUT2D eigenvalue weighted by Gasteiger charge is 2.20. The number of nitrogens with zero attached hydrogens (tertiary/aromatic N) is 3. The van der Waals surface area contributed by atoms with Crippen LogP contribution in [0.25, 0.3) is 0 Å². The van der Waals surface area contributed by atoms with Crippen molar-refractivity contribution in [2.45, 2.75) is 26.4 Å². The summed E-state index contributed by atoms with van der Waals surface area (Å²) in [6.45, 7) is 0.944. The highest BCUT2D eigenvalue weighted by Crippen LogP contribution is 2.01. The molecule has 0 aliphatic heterocycles. The molecule has 0 fully saturated rings. The van der Waals surface area contributed by atoms with E-state index in [0.29, 0.717) is 0 Å². The van der Waals surface area contributed by atoms with Gasteiger partial charge in [0.2, 0.25) is 0 Å². The van der Waals surface area contributed by atoms with E-state index in [0.717, 1.165) is 4.90 Å². The molecule has 0 aromatic rings. The summed E-state index contributed by atoms with van der Waals surface area (Å²) in [5, 5.41) is 36.0. The van der Waals surface area contributed by atoms with Crippen LogP contribution in [0.5, 0.6) is 0 Å². The molecule has 0 radical (unpaired) electrons. The summed E-state index contributed by atoms with van der Waals surface area (Å²) in [4.78, 5) is 71.1. The molecular weight excluding hydrogens is 462 g/mol. The van der Waals surface area contributed by atoms with Crippen molar-refractivity contribution in [3.8, 4) is 0 Å². The fourth-order valence-corrected chi connectivity index (χ4v) is 2.69. The molecule has 15 nitrogen and oxygen atoms in total. The van der Waals surface area contributed by atoms with Crippen LogP contribution in [0.15, 0.2) is 0 Å². The molecule has 0 rings (SSSR count). The number of ether oxygens (including phenoxy) is 2. The van der Waals surface area contributed by atoms with Crippen LogP contribution in [0.4, 0.5) is 4.79 Å². The highest BCUT2D eigenvalue weighted by atomic mass is 16.7. The zero-order valence-corrected chi connectivity index (χ0v) is 19.0. The largest absolute Gasteiger partial charge is 0.516 e. The van der Waals surface area contributed by atoms with E-state index < -0.39 is 68.3 Å². The maximum Gasteiger partial charge on any atom is 0.516 e. The number of carbonyl (C=O) groups is 6. The van der Waals surface area contributed by atoms with Crippen molar-refractivity contribution in [3.63, 3.8) is 0 Å². The summed E-state index contributed by atoms with van der Waals surface area (Å²) >= 11 is 0. The smallest absolute Gasteiger partial charge is 0.480 e. The molecule has 0 aliphatic rings. The van der Waals surface area contributed by atoms with Gasteiger partial charge < -0.3 is 29.9 Å². The topological polar surface area (TPSA) is 212 Å². The number of rotatable bonds is 18. The van der Waals surface area contributed by atoms with Gasteiger partial charge in [-0.3, -0.25) is 38.7 Å². The van der Waals surface area contributed by atoms with E-state index in [1.807, 2.05) is 0 Å². The molecule has 0 aromatic carbocycles. The van der Waals surface area contributed by atoms with E-state index in [9.17, 15) is 28.8 Å². The van der Waals surface area contributed by atoms with Crippen LogP contribution >= 0.6 is 0 Å². The number of carboxylic acids is 4. The van der Waals surface area contributed by atoms with E-state index in [2.05, 4.69) is 9.47 Å². The first-order valence-corrected chi connectivity index (χ1v) is 10.2. The van der Waals surface area contributed by atoms with Gasteiger partial charge in [-0.15, -0.1) is 0 Å². The van der Waals surface area contributed by atoms with Gasteiger partial charge in [-0.05, 0) is 13.8 Å². The molecule has 15 heteroatoms. The van der Waals surface area contributed by atoms with E-state index in [1.54, 1.807) is 13.8 Å². The van der Waals surface area contributed by atoms with E-state index >= 15 is 0 Å². The Morgan fingerprint density at radius 2 is 0.971 bits per heavy atom. The summed E-state index contributed by atoms with van der Waals surface area (Å²) in [6, 6.07) is 0. The van der Waals surface area contributed by atoms with Crippen LogP contribution in [0.2, 0.25) is 0 Å². The lowest BCUT2D eigenvalue weighted by Crippen LogP contribution is -2.45. The molecule has 34 heavy (non-hydrogen) atoms. The Kier molecular flexibility index (Phi) is 14.7. The van der Waals surface area contributed by atoms with Gasteiger partial charge in [0, 0.05) is 32.7 Å². The SMILES string of the molecule is CC(C)OC(=O)OC(=O)CCN(CCN(CCN(CC(=O)O)CC(=O)O)CC(=O)O)CC(=O)O. The van der Waals surface area contributed by atoms with Gasteiger partial charge in [0.15, 0.2) is 0 Å². The predicted molar refractivity (Wildman–Crippen MR) is 112 cm³/mol. The first-order chi connectivity index (χ1) is 15.8. The normalized spacial score (nSPS) is 11.1. The molecule has 0 aromatic heterocycles. The molecule has 0 heterocycles. The first-order valence-electron chi connectivity index (χ1n) is 10.2. The summed E-state index contributed by atoms with van der Waals surface area (Å²) in [6.07, 6.45) is -2.00. The third-order valence-electron chi connectivity index (χ3n) is 4.06. The molecule has 0 saturated heterocycles. The maximum atomic E-state index is 11.8. The zero-order valence-electron chi connectivity index (χ0n) is 19.0. The Labute approximate surface area is 195 Å². The van der Waals surface area contributed by atoms with Crippen LogP contribution in [-0.4, -0.2) is 136 Å². The number of aliphatic carboxylic acids is 4. The van der Waals surface area contributed by atoms with Crippen molar-refractivity contribution < 1.29 is 58.7 Å². The van der Waals surface area contributed by atoms with Gasteiger partial charge >= 0.3 is 36.0 Å². The van der Waals surface area contributed by atoms with Crippen LogP contribution in [-0.2, 0) is 33.4 Å². The van der Waals surface area contributed by atoms with Crippen LogP contribution in [0.3, 0.4) is 0 Å². The average Bonchev–Trinajstić information content (AvgIpc) is 2.65. The predicted octanol–water partition coefficient (Wildman–Crippen LogP) is -1.29. The molecule has 0 spiro atoms. The second-order valence-electron chi connectivity index (χ2n) is 7.48. The molecule has 0 aliphatic carbocycles.